The Morgan fingerprint density at radius 3 is 2.45 bits per heavy atom. The molecule has 2 heterocycles. The van der Waals surface area contributed by atoms with Crippen LogP contribution in [0.15, 0.2) is 29.8 Å². The molecule has 3 unspecified atom stereocenters. The molecule has 1 fully saturated rings. The van der Waals surface area contributed by atoms with Gasteiger partial charge in [-0.15, -0.1) is 11.3 Å². The molecule has 3 atom stereocenters. The number of nitrogens with two attached hydrogens (primary N) is 1. The van der Waals surface area contributed by atoms with Crippen molar-refractivity contribution < 1.29 is 29.0 Å². The van der Waals surface area contributed by atoms with Gasteiger partial charge in [0.2, 0.25) is 17.7 Å². The van der Waals surface area contributed by atoms with Gasteiger partial charge in [-0.3, -0.25) is 14.4 Å². The van der Waals surface area contributed by atoms with Gasteiger partial charge >= 0.3 is 0 Å². The second kappa shape index (κ2) is 17.6. The number of nitrogens with one attached hydrogen (secondary N) is 2. The number of rotatable bonds is 17. The minimum Gasteiger partial charge on any atom is -0.391 e. The molecule has 5 N–H and O–H groups in total. The van der Waals surface area contributed by atoms with Crippen molar-refractivity contribution in [3.8, 4) is 10.4 Å². The van der Waals surface area contributed by atoms with Crippen LogP contribution in [0, 0.1) is 12.3 Å². The quantitative estimate of drug-likeness (QED) is 0.194. The Kier molecular flexibility index (Phi) is 14.2. The number of aliphatic hydroxyl groups is 1. The van der Waals surface area contributed by atoms with E-state index in [9.17, 15) is 19.5 Å². The van der Waals surface area contributed by atoms with Crippen LogP contribution in [0.1, 0.15) is 64.1 Å². The number of aromatic nitrogens is 1. The number of amides is 3. The summed E-state index contributed by atoms with van der Waals surface area (Å²) < 4.78 is 11.1. The molecule has 2 aromatic rings. The molecule has 0 radical (unpaired) electrons. The molecule has 1 aliphatic heterocycles. The van der Waals surface area contributed by atoms with Crippen LogP contribution in [0.3, 0.4) is 0 Å². The lowest BCUT2D eigenvalue weighted by molar-refractivity contribution is -0.144. The summed E-state index contributed by atoms with van der Waals surface area (Å²) in [5.41, 5.74) is 9.61. The van der Waals surface area contributed by atoms with Gasteiger partial charge in [0.25, 0.3) is 0 Å². The molecular formula is C32H49N5O6S. The first-order chi connectivity index (χ1) is 21.0. The fourth-order valence-corrected chi connectivity index (χ4v) is 5.85. The molecule has 0 spiro atoms. The van der Waals surface area contributed by atoms with E-state index in [0.717, 1.165) is 41.0 Å². The van der Waals surface area contributed by atoms with E-state index >= 15 is 0 Å². The first-order valence-electron chi connectivity index (χ1n) is 15.4. The van der Waals surface area contributed by atoms with Crippen LogP contribution >= 0.6 is 11.3 Å². The summed E-state index contributed by atoms with van der Waals surface area (Å²) in [6.45, 7) is 9.91. The Morgan fingerprint density at radius 1 is 1.09 bits per heavy atom. The average molecular weight is 632 g/mol. The Labute approximate surface area is 264 Å². The Balaban J connectivity index is 1.49. The molecule has 0 saturated carbocycles. The van der Waals surface area contributed by atoms with Gasteiger partial charge in [-0.25, -0.2) is 4.98 Å². The number of carbonyl (C=O) groups excluding carboxylic acids is 3. The molecule has 3 rings (SSSR count). The number of ether oxygens (including phenoxy) is 2. The Hall–Kier alpha value is -2.90. The molecule has 1 aliphatic rings. The van der Waals surface area contributed by atoms with E-state index in [4.69, 9.17) is 15.2 Å². The van der Waals surface area contributed by atoms with Gasteiger partial charge in [0, 0.05) is 39.3 Å². The summed E-state index contributed by atoms with van der Waals surface area (Å²) in [6, 6.07) is 6.15. The lowest BCUT2D eigenvalue weighted by Gasteiger charge is -2.35. The molecular weight excluding hydrogens is 582 g/mol. The zero-order valence-corrected chi connectivity index (χ0v) is 27.3. The number of likely N-dealkylation sites (tertiary alicyclic amines) is 1. The van der Waals surface area contributed by atoms with Gasteiger partial charge in [0.15, 0.2) is 0 Å². The molecule has 44 heavy (non-hydrogen) atoms. The van der Waals surface area contributed by atoms with E-state index in [1.165, 1.54) is 4.90 Å². The highest BCUT2D eigenvalue weighted by molar-refractivity contribution is 7.13. The van der Waals surface area contributed by atoms with Crippen molar-refractivity contribution in [2.75, 3.05) is 39.5 Å². The van der Waals surface area contributed by atoms with Gasteiger partial charge in [-0.1, -0.05) is 45.0 Å². The van der Waals surface area contributed by atoms with Crippen LogP contribution in [0.25, 0.3) is 10.4 Å². The number of β-amino-alcohol motifs (C(OH)–C–C–N with tert-alkyl or cyclic N) is 1. The zero-order valence-electron chi connectivity index (χ0n) is 26.5. The van der Waals surface area contributed by atoms with Gasteiger partial charge in [0.05, 0.1) is 22.2 Å². The summed E-state index contributed by atoms with van der Waals surface area (Å²) in [4.78, 5) is 46.5. The average Bonchev–Trinajstić information content (AvgIpc) is 3.60. The van der Waals surface area contributed by atoms with E-state index in [-0.39, 0.29) is 32.0 Å². The van der Waals surface area contributed by atoms with Gasteiger partial charge in [0.1, 0.15) is 18.7 Å². The second-order valence-corrected chi connectivity index (χ2v) is 13.2. The Morgan fingerprint density at radius 2 is 1.80 bits per heavy atom. The third-order valence-corrected chi connectivity index (χ3v) is 8.49. The van der Waals surface area contributed by atoms with Gasteiger partial charge in [-0.2, -0.15) is 0 Å². The largest absolute Gasteiger partial charge is 0.391 e. The standard InChI is InChI=1S/C32H49N5O6S/c1-22-28(44-21-35-22)24-11-9-23(10-12-24)18-34-30(40)26-17-25(38)19-37(26)31(41)29(32(2,3)4)36-27(39)20-43-16-8-15-42-14-7-5-6-13-33/h9-12,21,25-26,29,38H,5-8,13-20,33H2,1-4H3,(H,34,40)(H,36,39). The van der Waals surface area contributed by atoms with Gasteiger partial charge < -0.3 is 35.8 Å². The summed E-state index contributed by atoms with van der Waals surface area (Å²) in [5, 5.41) is 16.1. The van der Waals surface area contributed by atoms with E-state index in [2.05, 4.69) is 15.6 Å². The normalized spacial score (nSPS) is 17.5. The molecule has 244 valence electrons. The number of aryl methyl sites for hydroxylation is 1. The summed E-state index contributed by atoms with van der Waals surface area (Å²) in [5.74, 6) is -1.17. The number of nitrogens with zero attached hydrogens (tertiary/aromatic N) is 2. The number of aliphatic hydroxyl groups excluding tert-OH is 1. The third-order valence-electron chi connectivity index (χ3n) is 7.51. The topological polar surface area (TPSA) is 156 Å². The van der Waals surface area contributed by atoms with E-state index in [0.29, 0.717) is 32.8 Å². The maximum atomic E-state index is 13.7. The van der Waals surface area contributed by atoms with E-state index < -0.39 is 35.4 Å². The molecule has 3 amide bonds. The molecule has 1 aromatic heterocycles. The fourth-order valence-electron chi connectivity index (χ4n) is 5.04. The first kappa shape index (κ1) is 35.6. The fraction of sp³-hybridized carbons (Fsp3) is 0.625. The smallest absolute Gasteiger partial charge is 0.246 e. The number of carbonyl (C=O) groups is 3. The second-order valence-electron chi connectivity index (χ2n) is 12.3. The monoisotopic (exact) mass is 631 g/mol. The summed E-state index contributed by atoms with van der Waals surface area (Å²) in [6.07, 6.45) is 2.97. The lowest BCUT2D eigenvalue weighted by atomic mass is 9.85. The third kappa shape index (κ3) is 10.9. The molecule has 1 saturated heterocycles. The lowest BCUT2D eigenvalue weighted by Crippen LogP contribution is -2.58. The van der Waals surface area contributed by atoms with E-state index in [1.807, 2.05) is 57.5 Å². The maximum Gasteiger partial charge on any atom is 0.246 e. The highest BCUT2D eigenvalue weighted by atomic mass is 32.1. The van der Waals surface area contributed by atoms with Crippen molar-refractivity contribution in [1.29, 1.82) is 0 Å². The molecule has 12 heteroatoms. The minimum absolute atomic E-state index is 0.0188. The van der Waals surface area contributed by atoms with Crippen molar-refractivity contribution in [2.24, 2.45) is 11.1 Å². The molecule has 0 bridgehead atoms. The first-order valence-corrected chi connectivity index (χ1v) is 16.3. The number of thiazole rings is 1. The van der Waals surface area contributed by atoms with Crippen molar-refractivity contribution in [3.05, 3.63) is 41.0 Å². The number of benzene rings is 1. The van der Waals surface area contributed by atoms with Crippen molar-refractivity contribution >= 4 is 29.1 Å². The highest BCUT2D eigenvalue weighted by Gasteiger charge is 2.44. The van der Waals surface area contributed by atoms with Gasteiger partial charge in [-0.05, 0) is 55.7 Å². The predicted octanol–water partition coefficient (Wildman–Crippen LogP) is 2.78. The number of hydrogen-bond acceptors (Lipinski definition) is 9. The van der Waals surface area contributed by atoms with Crippen LogP contribution in [0.2, 0.25) is 0 Å². The number of hydrogen-bond donors (Lipinski definition) is 4. The van der Waals surface area contributed by atoms with Crippen molar-refractivity contribution in [1.82, 2.24) is 20.5 Å². The van der Waals surface area contributed by atoms with Crippen molar-refractivity contribution in [2.45, 2.75) is 84.5 Å². The zero-order chi connectivity index (χ0) is 32.1. The molecule has 0 aliphatic carbocycles. The van der Waals surface area contributed by atoms with Crippen LogP contribution in [0.5, 0.6) is 0 Å². The Bertz CT molecular complexity index is 1200. The summed E-state index contributed by atoms with van der Waals surface area (Å²) in [7, 11) is 0. The van der Waals surface area contributed by atoms with Crippen LogP contribution in [-0.2, 0) is 30.4 Å². The van der Waals surface area contributed by atoms with Crippen molar-refractivity contribution in [3.63, 3.8) is 0 Å². The van der Waals surface area contributed by atoms with Crippen LogP contribution in [-0.4, -0.2) is 90.4 Å². The van der Waals surface area contributed by atoms with E-state index in [1.54, 1.807) is 11.3 Å². The molecule has 1 aromatic carbocycles. The van der Waals surface area contributed by atoms with Crippen LogP contribution < -0.4 is 16.4 Å². The highest BCUT2D eigenvalue weighted by Crippen LogP contribution is 2.28. The van der Waals surface area contributed by atoms with Crippen LogP contribution in [0.4, 0.5) is 0 Å². The maximum absolute atomic E-state index is 13.7. The predicted molar refractivity (Wildman–Crippen MR) is 171 cm³/mol. The number of unbranched alkanes of at least 4 members (excludes halogenated alkanes) is 2. The SMILES string of the molecule is Cc1ncsc1-c1ccc(CNC(=O)C2CC(O)CN2C(=O)C(NC(=O)COCCCOCCCCCN)C(C)(C)C)cc1. The molecule has 11 nitrogen and oxygen atoms in total. The minimum atomic E-state index is -0.904. The summed E-state index contributed by atoms with van der Waals surface area (Å²) >= 11 is 1.58.